The first kappa shape index (κ1) is 24.0. The van der Waals surface area contributed by atoms with Gasteiger partial charge in [0.15, 0.2) is 18.6 Å². The Kier molecular flexibility index (Phi) is 6.61. The van der Waals surface area contributed by atoms with Crippen molar-refractivity contribution in [3.63, 3.8) is 0 Å². The number of β-lactam (4-membered cyclic amide) rings is 1. The van der Waals surface area contributed by atoms with Crippen LogP contribution < -0.4 is 26.6 Å². The Balaban J connectivity index is 1.54. The highest BCUT2D eigenvalue weighted by Crippen LogP contribution is 2.40. The van der Waals surface area contributed by atoms with Crippen LogP contribution in [0.15, 0.2) is 33.2 Å². The quantitative estimate of drug-likeness (QED) is 0.109. The second kappa shape index (κ2) is 9.63. The molecule has 0 unspecified atom stereocenters. The number of aromatic nitrogens is 4. The summed E-state index contributed by atoms with van der Waals surface area (Å²) in [6, 6.07) is 0.271. The SMILES string of the molecule is CON=C(C(=O)N[C@@H]1C(=O)N2C(C(=O)[O-])=C(C[n+]3ccc(N)n3CCO)CS[C@H]12)c1noc(N)n1. The maximum absolute atomic E-state index is 12.9. The fourth-order valence-corrected chi connectivity index (χ4v) is 5.11. The summed E-state index contributed by atoms with van der Waals surface area (Å²) >= 11 is 1.26. The molecule has 16 nitrogen and oxygen atoms in total. The average Bonchev–Trinajstić information content (AvgIpc) is 3.41. The van der Waals surface area contributed by atoms with Crippen LogP contribution in [0.3, 0.4) is 0 Å². The highest BCUT2D eigenvalue weighted by Gasteiger charge is 2.53. The topological polar surface area (TPSA) is 231 Å². The summed E-state index contributed by atoms with van der Waals surface area (Å²) in [5.41, 5.74) is 11.0. The zero-order valence-electron chi connectivity index (χ0n) is 18.3. The van der Waals surface area contributed by atoms with Gasteiger partial charge >= 0.3 is 6.01 Å². The summed E-state index contributed by atoms with van der Waals surface area (Å²) in [6.45, 7) is 0.139. The lowest BCUT2D eigenvalue weighted by molar-refractivity contribution is -0.767. The van der Waals surface area contributed by atoms with E-state index in [0.29, 0.717) is 11.4 Å². The Morgan fingerprint density at radius 2 is 2.26 bits per heavy atom. The molecule has 2 amide bonds. The normalized spacial score (nSPS) is 19.9. The van der Waals surface area contributed by atoms with Crippen LogP contribution in [-0.2, 0) is 32.3 Å². The van der Waals surface area contributed by atoms with Crippen molar-refractivity contribution in [2.45, 2.75) is 24.5 Å². The minimum atomic E-state index is -1.53. The van der Waals surface area contributed by atoms with Gasteiger partial charge in [-0.15, -0.1) is 21.1 Å². The molecule has 2 aromatic rings. The molecule has 0 aromatic carbocycles. The van der Waals surface area contributed by atoms with E-state index in [-0.39, 0.29) is 48.7 Å². The van der Waals surface area contributed by atoms with Crippen LogP contribution in [-0.4, -0.2) is 79.2 Å². The number of oxime groups is 1. The average molecular weight is 507 g/mol. The smallest absolute Gasteiger partial charge is 0.319 e. The van der Waals surface area contributed by atoms with E-state index >= 15 is 0 Å². The molecule has 0 saturated carbocycles. The number of carboxylic acids is 1. The Labute approximate surface area is 201 Å². The lowest BCUT2D eigenvalue weighted by atomic mass is 10.0. The molecule has 0 bridgehead atoms. The van der Waals surface area contributed by atoms with E-state index < -0.39 is 29.2 Å². The second-order valence-corrected chi connectivity index (χ2v) is 8.47. The maximum atomic E-state index is 12.9. The van der Waals surface area contributed by atoms with E-state index in [9.17, 15) is 24.6 Å². The van der Waals surface area contributed by atoms with Crippen molar-refractivity contribution in [1.82, 2.24) is 25.0 Å². The number of carbonyl (C=O) groups is 3. The first-order chi connectivity index (χ1) is 16.8. The van der Waals surface area contributed by atoms with Gasteiger partial charge in [-0.1, -0.05) is 10.3 Å². The van der Waals surface area contributed by atoms with Crippen molar-refractivity contribution in [1.29, 1.82) is 0 Å². The number of nitrogens with two attached hydrogens (primary N) is 2. The van der Waals surface area contributed by atoms with Gasteiger partial charge in [-0.05, 0) is 0 Å². The number of hydrogen-bond donors (Lipinski definition) is 4. The van der Waals surface area contributed by atoms with Gasteiger partial charge in [0.05, 0.1) is 24.3 Å². The van der Waals surface area contributed by atoms with Gasteiger partial charge in [0.2, 0.25) is 11.5 Å². The third-order valence-electron chi connectivity index (χ3n) is 5.27. The molecule has 2 aliphatic heterocycles. The van der Waals surface area contributed by atoms with Gasteiger partial charge in [0.25, 0.3) is 11.8 Å². The van der Waals surface area contributed by atoms with Gasteiger partial charge in [-0.3, -0.25) is 14.5 Å². The minimum Gasteiger partial charge on any atom is -0.543 e. The van der Waals surface area contributed by atoms with Crippen LogP contribution in [0.2, 0.25) is 0 Å². The number of rotatable bonds is 9. The zero-order chi connectivity index (χ0) is 25.3. The van der Waals surface area contributed by atoms with Crippen LogP contribution in [0, 0.1) is 0 Å². The molecule has 0 spiro atoms. The number of nitrogens with zero attached hydrogens (tertiary/aromatic N) is 6. The van der Waals surface area contributed by atoms with Crippen LogP contribution in [0.25, 0.3) is 0 Å². The molecular weight excluding hydrogens is 486 g/mol. The molecule has 2 atom stereocenters. The van der Waals surface area contributed by atoms with Gasteiger partial charge in [-0.25, -0.2) is 0 Å². The Bertz CT molecular complexity index is 1240. The summed E-state index contributed by atoms with van der Waals surface area (Å²) in [7, 11) is 1.20. The minimum absolute atomic E-state index is 0.102. The van der Waals surface area contributed by atoms with E-state index in [4.69, 9.17) is 11.5 Å². The Morgan fingerprint density at radius 1 is 1.49 bits per heavy atom. The number of carboxylic acid groups (broad SMARTS) is 1. The number of fused-ring (bicyclic) bond motifs is 1. The third kappa shape index (κ3) is 4.37. The Morgan fingerprint density at radius 3 is 2.89 bits per heavy atom. The van der Waals surface area contributed by atoms with Crippen LogP contribution in [0.4, 0.5) is 11.8 Å². The number of nitrogen functional groups attached to an aromatic ring is 2. The predicted octanol–water partition coefficient (Wildman–Crippen LogP) is -4.23. The number of aliphatic hydroxyl groups is 1. The van der Waals surface area contributed by atoms with Crippen LogP contribution >= 0.6 is 11.8 Å². The first-order valence-electron chi connectivity index (χ1n) is 10.1. The van der Waals surface area contributed by atoms with Crippen molar-refractivity contribution in [2.24, 2.45) is 5.16 Å². The number of nitrogens with one attached hydrogen (secondary N) is 1. The summed E-state index contributed by atoms with van der Waals surface area (Å²) in [5, 5.41) is 30.1. The molecule has 1 fully saturated rings. The summed E-state index contributed by atoms with van der Waals surface area (Å²) < 4.78 is 7.86. The van der Waals surface area contributed by atoms with Crippen molar-refractivity contribution in [3.8, 4) is 0 Å². The lowest BCUT2D eigenvalue weighted by Crippen LogP contribution is -2.71. The molecule has 6 N–H and O–H groups in total. The third-order valence-corrected chi connectivity index (χ3v) is 6.61. The standard InChI is InChI=1S/C18H21N9O7S/c1-33-23-10(13-22-18(20)34-24-13)14(29)21-11-15(30)27-12(17(31)32)8(7-35-16(11)27)6-25-3-2-9(19)26(25)4-5-28/h2-3,11,16,19,28H,4-7H2,1H3,(H4,20,21,22,24,29,31,32)/t11-,16-/m1/s1. The molecule has 1 saturated heterocycles. The summed E-state index contributed by atoms with van der Waals surface area (Å²) in [4.78, 5) is 47.1. The number of anilines is 2. The largest absolute Gasteiger partial charge is 0.543 e. The second-order valence-electron chi connectivity index (χ2n) is 7.36. The number of aliphatic hydroxyl groups excluding tert-OH is 1. The van der Waals surface area contributed by atoms with E-state index in [1.165, 1.54) is 18.9 Å². The van der Waals surface area contributed by atoms with Gasteiger partial charge in [0.1, 0.15) is 25.1 Å². The van der Waals surface area contributed by atoms with E-state index in [2.05, 4.69) is 30.0 Å². The molecule has 35 heavy (non-hydrogen) atoms. The van der Waals surface area contributed by atoms with Gasteiger partial charge in [0, 0.05) is 11.3 Å². The molecule has 0 aliphatic carbocycles. The molecule has 2 aliphatic rings. The maximum Gasteiger partial charge on any atom is 0.319 e. The molecule has 4 rings (SSSR count). The van der Waals surface area contributed by atoms with E-state index in [1.807, 2.05) is 0 Å². The zero-order valence-corrected chi connectivity index (χ0v) is 19.1. The number of thioether (sulfide) groups is 1. The molecule has 0 radical (unpaired) electrons. The predicted molar refractivity (Wildman–Crippen MR) is 115 cm³/mol. The molecule has 4 heterocycles. The lowest BCUT2D eigenvalue weighted by Gasteiger charge is -2.50. The van der Waals surface area contributed by atoms with Crippen molar-refractivity contribution in [3.05, 3.63) is 29.4 Å². The summed E-state index contributed by atoms with van der Waals surface area (Å²) in [6.07, 6.45) is 1.64. The monoisotopic (exact) mass is 507 g/mol. The molecular formula is C18H21N9O7S. The van der Waals surface area contributed by atoms with Crippen molar-refractivity contribution in [2.75, 3.05) is 30.9 Å². The first-order valence-corrected chi connectivity index (χ1v) is 11.2. The number of carbonyl (C=O) groups excluding carboxylic acids is 3. The summed E-state index contributed by atoms with van der Waals surface area (Å²) in [5.74, 6) is -2.64. The van der Waals surface area contributed by atoms with Gasteiger partial charge in [-0.2, -0.15) is 4.98 Å². The fraction of sp³-hybridized carbons (Fsp3) is 0.389. The molecule has 2 aromatic heterocycles. The van der Waals surface area contributed by atoms with E-state index in [1.54, 1.807) is 21.6 Å². The van der Waals surface area contributed by atoms with Crippen molar-refractivity contribution < 1.29 is 38.6 Å². The van der Waals surface area contributed by atoms with E-state index in [0.717, 1.165) is 4.90 Å². The molecule has 186 valence electrons. The highest BCUT2D eigenvalue weighted by molar-refractivity contribution is 8.00. The number of aliphatic carboxylic acids is 1. The number of hydrogen-bond acceptors (Lipinski definition) is 13. The Hall–Kier alpha value is -4.12. The fourth-order valence-electron chi connectivity index (χ4n) is 3.77. The van der Waals surface area contributed by atoms with Crippen LogP contribution in [0.1, 0.15) is 5.82 Å². The van der Waals surface area contributed by atoms with Crippen LogP contribution in [0.5, 0.6) is 0 Å². The number of amides is 2. The van der Waals surface area contributed by atoms with Crippen molar-refractivity contribution >= 4 is 47.1 Å². The molecule has 17 heteroatoms. The highest BCUT2D eigenvalue weighted by atomic mass is 32.2. The van der Waals surface area contributed by atoms with Gasteiger partial charge < -0.3 is 41.2 Å².